The average molecular weight is 300 g/mol. The third kappa shape index (κ3) is 3.97. The van der Waals surface area contributed by atoms with Gasteiger partial charge in [0.15, 0.2) is 5.69 Å². The van der Waals surface area contributed by atoms with Gasteiger partial charge >= 0.3 is 0 Å². The number of aryl methyl sites for hydroxylation is 1. The van der Waals surface area contributed by atoms with Gasteiger partial charge in [-0.3, -0.25) is 9.48 Å². The highest BCUT2D eigenvalue weighted by molar-refractivity contribution is 7.90. The van der Waals surface area contributed by atoms with E-state index in [9.17, 15) is 9.35 Å². The first-order valence-corrected chi connectivity index (χ1v) is 7.62. The summed E-state index contributed by atoms with van der Waals surface area (Å²) >= 11 is -1.20. The third-order valence-electron chi connectivity index (χ3n) is 2.77. The summed E-state index contributed by atoms with van der Waals surface area (Å²) in [6.07, 6.45) is 1.79. The Bertz CT molecular complexity index is 479. The Morgan fingerprint density at radius 2 is 2.05 bits per heavy atom. The maximum absolute atomic E-state index is 12.1. The molecule has 0 saturated carbocycles. The summed E-state index contributed by atoms with van der Waals surface area (Å²) in [5, 5.41) is 4.21. The number of hydrogen-bond donors (Lipinski definition) is 1. The van der Waals surface area contributed by atoms with Crippen molar-refractivity contribution in [3.8, 4) is 0 Å². The lowest BCUT2D eigenvalue weighted by atomic mass is 10.1. The molecule has 1 aromatic rings. The Hall–Kier alpha value is -1.05. The summed E-state index contributed by atoms with van der Waals surface area (Å²) in [5.41, 5.74) is 1.15. The normalized spacial score (nSPS) is 15.0. The van der Waals surface area contributed by atoms with Crippen LogP contribution in [0.4, 0.5) is 0 Å². The Balaban J connectivity index is 2.99. The van der Waals surface area contributed by atoms with E-state index in [1.54, 1.807) is 32.0 Å². The number of carbonyl (C=O) groups is 1. The number of rotatable bonds is 4. The van der Waals surface area contributed by atoms with Crippen LogP contribution in [0.3, 0.4) is 0 Å². The van der Waals surface area contributed by atoms with E-state index in [0.29, 0.717) is 5.69 Å². The Morgan fingerprint density at radius 1 is 1.50 bits per heavy atom. The van der Waals surface area contributed by atoms with Crippen molar-refractivity contribution in [2.24, 2.45) is 7.05 Å². The maximum Gasteiger partial charge on any atom is 0.274 e. The second-order valence-corrected chi connectivity index (χ2v) is 8.02. The molecular formula is C13H24N4O2S. The summed E-state index contributed by atoms with van der Waals surface area (Å²) in [6.45, 7) is 7.58. The lowest BCUT2D eigenvalue weighted by Crippen LogP contribution is -2.40. The number of hydrogen-bond acceptors (Lipinski definition) is 4. The van der Waals surface area contributed by atoms with Gasteiger partial charge in [0.2, 0.25) is 0 Å². The standard InChI is InChI=1S/C13H24N4O2S/c1-9(15-20(19)13(2,3)4)10-8-17(7)14-11(10)12(18)16(5)6/h8-9,15H,1-7H3/t9-,20+/m0/s1. The van der Waals surface area contributed by atoms with Crippen LogP contribution < -0.4 is 4.72 Å². The smallest absolute Gasteiger partial charge is 0.274 e. The molecule has 1 rings (SSSR count). The zero-order valence-electron chi connectivity index (χ0n) is 13.2. The zero-order valence-corrected chi connectivity index (χ0v) is 14.0. The second kappa shape index (κ2) is 6.15. The summed E-state index contributed by atoms with van der Waals surface area (Å²) in [4.78, 5) is 13.6. The highest BCUT2D eigenvalue weighted by atomic mass is 32.2. The fourth-order valence-corrected chi connectivity index (χ4v) is 2.40. The number of carbonyl (C=O) groups excluding carboxylic acids is 1. The fraction of sp³-hybridized carbons (Fsp3) is 0.692. The Kier molecular flexibility index (Phi) is 5.23. The largest absolute Gasteiger partial charge is 0.598 e. The van der Waals surface area contributed by atoms with Crippen LogP contribution in [0.15, 0.2) is 6.20 Å². The molecule has 0 aliphatic rings. The van der Waals surface area contributed by atoms with Crippen molar-refractivity contribution in [2.75, 3.05) is 14.1 Å². The van der Waals surface area contributed by atoms with Crippen molar-refractivity contribution in [1.29, 1.82) is 0 Å². The predicted octanol–water partition coefficient (Wildman–Crippen LogP) is 1.23. The minimum Gasteiger partial charge on any atom is -0.598 e. The van der Waals surface area contributed by atoms with Gasteiger partial charge in [0, 0.05) is 44.3 Å². The molecule has 0 saturated heterocycles. The van der Waals surface area contributed by atoms with Gasteiger partial charge in [0.25, 0.3) is 5.91 Å². The maximum atomic E-state index is 12.1. The molecule has 1 heterocycles. The van der Waals surface area contributed by atoms with Gasteiger partial charge in [-0.1, -0.05) is 0 Å². The molecule has 0 aromatic carbocycles. The Morgan fingerprint density at radius 3 is 2.50 bits per heavy atom. The van der Waals surface area contributed by atoms with Crippen LogP contribution in [-0.2, 0) is 18.4 Å². The molecule has 0 radical (unpaired) electrons. The van der Waals surface area contributed by atoms with Crippen LogP contribution in [-0.4, -0.2) is 44.0 Å². The van der Waals surface area contributed by atoms with Crippen molar-refractivity contribution in [3.05, 3.63) is 17.5 Å². The van der Waals surface area contributed by atoms with E-state index in [0.717, 1.165) is 5.56 Å². The van der Waals surface area contributed by atoms with Gasteiger partial charge in [0.1, 0.15) is 4.75 Å². The van der Waals surface area contributed by atoms with Gasteiger partial charge in [-0.15, -0.1) is 4.72 Å². The molecule has 7 heteroatoms. The monoisotopic (exact) mass is 300 g/mol. The van der Waals surface area contributed by atoms with Gasteiger partial charge < -0.3 is 9.45 Å². The Labute approximate surface area is 123 Å². The molecule has 0 fully saturated rings. The van der Waals surface area contributed by atoms with E-state index in [2.05, 4.69) is 9.82 Å². The number of nitrogens with zero attached hydrogens (tertiary/aromatic N) is 3. The lowest BCUT2D eigenvalue weighted by Gasteiger charge is -2.26. The first-order valence-electron chi connectivity index (χ1n) is 6.47. The first kappa shape index (κ1) is 17.0. The molecule has 0 spiro atoms. The van der Waals surface area contributed by atoms with E-state index in [4.69, 9.17) is 0 Å². The molecule has 6 nitrogen and oxygen atoms in total. The number of aromatic nitrogens is 2. The highest BCUT2D eigenvalue weighted by Crippen LogP contribution is 2.22. The van der Waals surface area contributed by atoms with Crippen LogP contribution in [0.25, 0.3) is 0 Å². The van der Waals surface area contributed by atoms with Gasteiger partial charge in [-0.05, 0) is 27.7 Å². The topological polar surface area (TPSA) is 73.2 Å². The predicted molar refractivity (Wildman–Crippen MR) is 80.7 cm³/mol. The molecule has 2 atom stereocenters. The van der Waals surface area contributed by atoms with E-state index >= 15 is 0 Å². The van der Waals surface area contributed by atoms with Gasteiger partial charge in [0.05, 0.1) is 6.04 Å². The van der Waals surface area contributed by atoms with Gasteiger partial charge in [-0.2, -0.15) is 5.10 Å². The summed E-state index contributed by atoms with van der Waals surface area (Å²) in [6, 6.07) is -0.220. The van der Waals surface area contributed by atoms with Crippen molar-refractivity contribution >= 4 is 17.3 Å². The number of amides is 1. The molecule has 0 unspecified atom stereocenters. The summed E-state index contributed by atoms with van der Waals surface area (Å²) < 4.78 is 16.4. The second-order valence-electron chi connectivity index (χ2n) is 6.03. The van der Waals surface area contributed by atoms with Crippen molar-refractivity contribution in [2.45, 2.75) is 38.5 Å². The van der Waals surface area contributed by atoms with Gasteiger partial charge in [-0.25, -0.2) is 0 Å². The molecule has 0 aliphatic heterocycles. The summed E-state index contributed by atoms with van der Waals surface area (Å²) in [5.74, 6) is -0.157. The van der Waals surface area contributed by atoms with E-state index in [-0.39, 0.29) is 16.7 Å². The summed E-state index contributed by atoms with van der Waals surface area (Å²) in [7, 11) is 5.14. The van der Waals surface area contributed by atoms with Crippen LogP contribution in [0.2, 0.25) is 0 Å². The van der Waals surface area contributed by atoms with Crippen molar-refractivity contribution in [3.63, 3.8) is 0 Å². The SMILES string of the molecule is C[C@H](N[S@+]([O-])C(C)(C)C)c1cn(C)nc1C(=O)N(C)C. The van der Waals surface area contributed by atoms with Crippen LogP contribution in [0.1, 0.15) is 49.8 Å². The molecule has 1 N–H and O–H groups in total. The third-order valence-corrected chi connectivity index (χ3v) is 4.45. The van der Waals surface area contributed by atoms with E-state index in [1.807, 2.05) is 27.7 Å². The van der Waals surface area contributed by atoms with Crippen LogP contribution >= 0.6 is 0 Å². The van der Waals surface area contributed by atoms with Crippen LogP contribution in [0, 0.1) is 0 Å². The van der Waals surface area contributed by atoms with Crippen molar-refractivity contribution in [1.82, 2.24) is 19.4 Å². The average Bonchev–Trinajstić information content (AvgIpc) is 2.68. The molecule has 1 amide bonds. The molecule has 20 heavy (non-hydrogen) atoms. The van der Waals surface area contributed by atoms with Crippen molar-refractivity contribution < 1.29 is 9.35 Å². The lowest BCUT2D eigenvalue weighted by molar-refractivity contribution is 0.0819. The first-order chi connectivity index (χ1) is 9.04. The van der Waals surface area contributed by atoms with E-state index in [1.165, 1.54) is 4.90 Å². The highest BCUT2D eigenvalue weighted by Gasteiger charge is 2.30. The molecule has 1 aromatic heterocycles. The molecule has 114 valence electrons. The molecule has 0 aliphatic carbocycles. The number of nitrogens with one attached hydrogen (secondary N) is 1. The molecule has 0 bridgehead atoms. The molecular weight excluding hydrogens is 276 g/mol. The van der Waals surface area contributed by atoms with Crippen LogP contribution in [0.5, 0.6) is 0 Å². The zero-order chi connectivity index (χ0) is 15.7. The fourth-order valence-electron chi connectivity index (χ4n) is 1.60. The minimum absolute atomic E-state index is 0.157. The minimum atomic E-state index is -1.20. The quantitative estimate of drug-likeness (QED) is 0.849. The van der Waals surface area contributed by atoms with E-state index < -0.39 is 11.4 Å².